The van der Waals surface area contributed by atoms with Gasteiger partial charge in [-0.05, 0) is 24.3 Å². The summed E-state index contributed by atoms with van der Waals surface area (Å²) in [6.07, 6.45) is 0. The second-order valence-corrected chi connectivity index (χ2v) is 4.86. The molecule has 1 aromatic carbocycles. The molecule has 0 spiro atoms. The lowest BCUT2D eigenvalue weighted by Crippen LogP contribution is -2.36. The minimum atomic E-state index is -0.163. The van der Waals surface area contributed by atoms with Gasteiger partial charge in [0.25, 0.3) is 5.91 Å². The van der Waals surface area contributed by atoms with Crippen LogP contribution in [0.3, 0.4) is 0 Å². The number of ether oxygens (including phenoxy) is 1. The highest BCUT2D eigenvalue weighted by Crippen LogP contribution is 2.20. The molecule has 20 heavy (non-hydrogen) atoms. The number of aromatic nitrogens is 1. The number of nitrogens with zero attached hydrogens (tertiary/aromatic N) is 1. The van der Waals surface area contributed by atoms with Crippen molar-refractivity contribution in [3.8, 4) is 0 Å². The largest absolute Gasteiger partial charge is 0.395 e. The summed E-state index contributed by atoms with van der Waals surface area (Å²) in [6, 6.07) is 7.17. The normalized spacial score (nSPS) is 10.9. The van der Waals surface area contributed by atoms with E-state index in [0.717, 1.165) is 10.9 Å². The molecule has 0 saturated carbocycles. The minimum Gasteiger partial charge on any atom is -0.395 e. The molecule has 0 bridgehead atoms. The van der Waals surface area contributed by atoms with Crippen molar-refractivity contribution in [3.05, 3.63) is 35.0 Å². The van der Waals surface area contributed by atoms with E-state index in [-0.39, 0.29) is 19.1 Å². The van der Waals surface area contributed by atoms with Crippen molar-refractivity contribution in [2.24, 2.45) is 0 Å². The van der Waals surface area contributed by atoms with Gasteiger partial charge in [-0.3, -0.25) is 4.79 Å². The summed E-state index contributed by atoms with van der Waals surface area (Å²) in [6.45, 7) is 1.06. The fourth-order valence-electron chi connectivity index (χ4n) is 2.03. The number of amides is 1. The lowest BCUT2D eigenvalue weighted by atomic mass is 10.2. The van der Waals surface area contributed by atoms with Gasteiger partial charge < -0.3 is 19.7 Å². The average molecular weight is 297 g/mol. The number of aromatic amines is 1. The highest BCUT2D eigenvalue weighted by Gasteiger charge is 2.17. The van der Waals surface area contributed by atoms with Gasteiger partial charge in [0, 0.05) is 36.1 Å². The van der Waals surface area contributed by atoms with Gasteiger partial charge in [-0.1, -0.05) is 11.6 Å². The quantitative estimate of drug-likeness (QED) is 0.856. The molecule has 2 N–H and O–H groups in total. The maximum atomic E-state index is 12.4. The fourth-order valence-corrected chi connectivity index (χ4v) is 2.21. The Morgan fingerprint density at radius 3 is 2.90 bits per heavy atom. The van der Waals surface area contributed by atoms with E-state index < -0.39 is 0 Å². The molecule has 108 valence electrons. The van der Waals surface area contributed by atoms with Gasteiger partial charge in [0.2, 0.25) is 0 Å². The summed E-state index contributed by atoms with van der Waals surface area (Å²) in [7, 11) is 1.58. The van der Waals surface area contributed by atoms with Crippen molar-refractivity contribution < 1.29 is 14.6 Å². The molecule has 0 saturated heterocycles. The molecular weight excluding hydrogens is 280 g/mol. The van der Waals surface area contributed by atoms with Crippen LogP contribution in [0.2, 0.25) is 5.02 Å². The molecule has 0 aliphatic rings. The van der Waals surface area contributed by atoms with Crippen molar-refractivity contribution in [1.82, 2.24) is 9.88 Å². The maximum Gasteiger partial charge on any atom is 0.270 e. The Kier molecular flexibility index (Phi) is 5.00. The fraction of sp³-hybridized carbons (Fsp3) is 0.357. The van der Waals surface area contributed by atoms with Crippen LogP contribution < -0.4 is 0 Å². The Hall–Kier alpha value is -1.56. The monoisotopic (exact) mass is 296 g/mol. The number of methoxy groups -OCH3 is 1. The van der Waals surface area contributed by atoms with Crippen LogP contribution in [-0.4, -0.2) is 54.3 Å². The molecule has 1 aromatic heterocycles. The van der Waals surface area contributed by atoms with Gasteiger partial charge in [-0.15, -0.1) is 0 Å². The van der Waals surface area contributed by atoms with E-state index in [1.54, 1.807) is 30.2 Å². The van der Waals surface area contributed by atoms with Crippen LogP contribution in [-0.2, 0) is 4.74 Å². The molecule has 0 fully saturated rings. The molecule has 1 amide bonds. The van der Waals surface area contributed by atoms with Crippen LogP contribution in [0.5, 0.6) is 0 Å². The molecule has 0 unspecified atom stereocenters. The number of carbonyl (C=O) groups is 1. The predicted molar refractivity (Wildman–Crippen MR) is 78.2 cm³/mol. The third-order valence-corrected chi connectivity index (χ3v) is 3.27. The van der Waals surface area contributed by atoms with Gasteiger partial charge in [-0.25, -0.2) is 0 Å². The average Bonchev–Trinajstić information content (AvgIpc) is 2.85. The summed E-state index contributed by atoms with van der Waals surface area (Å²) in [5.74, 6) is -0.163. The standard InChI is InChI=1S/C14H17ClN2O3/c1-20-7-5-17(4-6-18)14(19)13-9-10-8-11(15)2-3-12(10)16-13/h2-3,8-9,16,18H,4-7H2,1H3. The molecule has 2 rings (SSSR count). The van der Waals surface area contributed by atoms with Gasteiger partial charge in [0.05, 0.1) is 13.2 Å². The minimum absolute atomic E-state index is 0.0818. The second kappa shape index (κ2) is 6.74. The number of aliphatic hydroxyl groups is 1. The van der Waals surface area contributed by atoms with Gasteiger partial charge >= 0.3 is 0 Å². The van der Waals surface area contributed by atoms with Crippen LogP contribution in [0.15, 0.2) is 24.3 Å². The van der Waals surface area contributed by atoms with Gasteiger partial charge in [0.1, 0.15) is 5.69 Å². The first kappa shape index (κ1) is 14.8. The number of nitrogens with one attached hydrogen (secondary N) is 1. The SMILES string of the molecule is COCCN(CCO)C(=O)c1cc2cc(Cl)ccc2[nH]1. The predicted octanol–water partition coefficient (Wildman–Crippen LogP) is 1.90. The number of fused-ring (bicyclic) bond motifs is 1. The number of hydrogen-bond acceptors (Lipinski definition) is 3. The van der Waals surface area contributed by atoms with E-state index in [1.807, 2.05) is 6.07 Å². The molecule has 0 aliphatic carbocycles. The smallest absolute Gasteiger partial charge is 0.270 e. The van der Waals surface area contributed by atoms with E-state index >= 15 is 0 Å². The zero-order valence-electron chi connectivity index (χ0n) is 11.2. The summed E-state index contributed by atoms with van der Waals surface area (Å²) in [5, 5.41) is 10.6. The van der Waals surface area contributed by atoms with Crippen molar-refractivity contribution in [1.29, 1.82) is 0 Å². The summed E-state index contributed by atoms with van der Waals surface area (Å²) in [4.78, 5) is 17.0. The van der Waals surface area contributed by atoms with E-state index in [4.69, 9.17) is 21.4 Å². The highest BCUT2D eigenvalue weighted by atomic mass is 35.5. The first-order valence-corrected chi connectivity index (χ1v) is 6.71. The Morgan fingerprint density at radius 2 is 2.20 bits per heavy atom. The Bertz CT molecular complexity index is 597. The molecule has 0 atom stereocenters. The second-order valence-electron chi connectivity index (χ2n) is 4.42. The summed E-state index contributed by atoms with van der Waals surface area (Å²) in [5.41, 5.74) is 1.33. The van der Waals surface area contributed by atoms with Crippen LogP contribution in [0, 0.1) is 0 Å². The number of rotatable bonds is 6. The highest BCUT2D eigenvalue weighted by molar-refractivity contribution is 6.31. The number of halogens is 1. The molecule has 5 nitrogen and oxygen atoms in total. The van der Waals surface area contributed by atoms with Crippen LogP contribution in [0.4, 0.5) is 0 Å². The Labute approximate surface area is 122 Å². The van der Waals surface area contributed by atoms with E-state index in [2.05, 4.69) is 4.98 Å². The van der Waals surface area contributed by atoms with Crippen LogP contribution in [0.25, 0.3) is 10.9 Å². The molecule has 6 heteroatoms. The number of aliphatic hydroxyl groups excluding tert-OH is 1. The zero-order chi connectivity index (χ0) is 14.5. The van der Waals surface area contributed by atoms with E-state index in [1.165, 1.54) is 0 Å². The first-order chi connectivity index (χ1) is 9.65. The number of benzene rings is 1. The number of carbonyl (C=O) groups excluding carboxylic acids is 1. The Morgan fingerprint density at radius 1 is 1.40 bits per heavy atom. The van der Waals surface area contributed by atoms with Gasteiger partial charge in [-0.2, -0.15) is 0 Å². The van der Waals surface area contributed by atoms with Crippen molar-refractivity contribution in [2.45, 2.75) is 0 Å². The zero-order valence-corrected chi connectivity index (χ0v) is 12.0. The molecular formula is C14H17ClN2O3. The van der Waals surface area contributed by atoms with E-state index in [0.29, 0.717) is 23.9 Å². The summed E-state index contributed by atoms with van der Waals surface area (Å²) < 4.78 is 4.98. The number of H-pyrrole nitrogens is 1. The molecule has 1 heterocycles. The van der Waals surface area contributed by atoms with Crippen LogP contribution >= 0.6 is 11.6 Å². The molecule has 2 aromatic rings. The van der Waals surface area contributed by atoms with Crippen molar-refractivity contribution in [3.63, 3.8) is 0 Å². The lowest BCUT2D eigenvalue weighted by Gasteiger charge is -2.20. The molecule has 0 radical (unpaired) electrons. The third-order valence-electron chi connectivity index (χ3n) is 3.04. The van der Waals surface area contributed by atoms with Crippen molar-refractivity contribution in [2.75, 3.05) is 33.4 Å². The van der Waals surface area contributed by atoms with E-state index in [9.17, 15) is 4.79 Å². The number of hydrogen-bond donors (Lipinski definition) is 2. The van der Waals surface area contributed by atoms with Crippen LogP contribution in [0.1, 0.15) is 10.5 Å². The third kappa shape index (κ3) is 3.30. The summed E-state index contributed by atoms with van der Waals surface area (Å²) >= 11 is 5.93. The van der Waals surface area contributed by atoms with Gasteiger partial charge in [0.15, 0.2) is 0 Å². The van der Waals surface area contributed by atoms with Crippen molar-refractivity contribution >= 4 is 28.4 Å². The topological polar surface area (TPSA) is 65.6 Å². The first-order valence-electron chi connectivity index (χ1n) is 6.33. The lowest BCUT2D eigenvalue weighted by molar-refractivity contribution is 0.0652. The maximum absolute atomic E-state index is 12.4. The molecule has 0 aliphatic heterocycles. The Balaban J connectivity index is 2.23.